The van der Waals surface area contributed by atoms with Crippen molar-refractivity contribution in [3.63, 3.8) is 0 Å². The first-order chi connectivity index (χ1) is 10.1. The molecule has 0 radical (unpaired) electrons. The van der Waals surface area contributed by atoms with E-state index in [4.69, 9.17) is 4.74 Å². The van der Waals surface area contributed by atoms with Gasteiger partial charge in [0.2, 0.25) is 5.91 Å². The SMILES string of the molecule is COC1(CN2C(=O)C(C(C)C)NC2c2cccs2)CCC1. The van der Waals surface area contributed by atoms with Gasteiger partial charge in [0.15, 0.2) is 0 Å². The molecule has 1 saturated heterocycles. The quantitative estimate of drug-likeness (QED) is 0.909. The van der Waals surface area contributed by atoms with E-state index >= 15 is 0 Å². The standard InChI is InChI=1S/C16H24N2O2S/c1-11(2)13-15(19)18(10-16(20-3)7-5-8-16)14(17-13)12-6-4-9-21-12/h4,6,9,11,13-14,17H,5,7-8,10H2,1-3H3. The van der Waals surface area contributed by atoms with E-state index in [0.29, 0.717) is 12.5 Å². The average Bonchev–Trinajstić information content (AvgIpc) is 3.02. The minimum Gasteiger partial charge on any atom is -0.376 e. The Bertz CT molecular complexity index is 491. The Kier molecular flexibility index (Phi) is 4.08. The van der Waals surface area contributed by atoms with Crippen molar-refractivity contribution in [1.29, 1.82) is 0 Å². The fourth-order valence-electron chi connectivity index (χ4n) is 3.27. The lowest BCUT2D eigenvalue weighted by Crippen LogP contribution is -2.51. The molecule has 1 aromatic heterocycles. The van der Waals surface area contributed by atoms with E-state index < -0.39 is 0 Å². The Labute approximate surface area is 130 Å². The van der Waals surface area contributed by atoms with Crippen LogP contribution in [0.4, 0.5) is 0 Å². The number of rotatable bonds is 5. The van der Waals surface area contributed by atoms with Crippen molar-refractivity contribution in [2.75, 3.05) is 13.7 Å². The third kappa shape index (κ3) is 2.62. The molecule has 21 heavy (non-hydrogen) atoms. The molecule has 1 N–H and O–H groups in total. The van der Waals surface area contributed by atoms with Gasteiger partial charge >= 0.3 is 0 Å². The van der Waals surface area contributed by atoms with E-state index in [0.717, 1.165) is 12.8 Å². The molecule has 1 amide bonds. The lowest BCUT2D eigenvalue weighted by atomic mass is 9.79. The molecule has 1 aliphatic heterocycles. The van der Waals surface area contributed by atoms with Crippen LogP contribution in [0.25, 0.3) is 0 Å². The molecule has 3 rings (SSSR count). The van der Waals surface area contributed by atoms with Gasteiger partial charge < -0.3 is 9.64 Å². The zero-order valence-electron chi connectivity index (χ0n) is 13.0. The number of carbonyl (C=O) groups excluding carboxylic acids is 1. The van der Waals surface area contributed by atoms with Crippen LogP contribution >= 0.6 is 11.3 Å². The molecule has 116 valence electrons. The Morgan fingerprint density at radius 1 is 1.52 bits per heavy atom. The van der Waals surface area contributed by atoms with Gasteiger partial charge in [-0.2, -0.15) is 0 Å². The predicted molar refractivity (Wildman–Crippen MR) is 84.1 cm³/mol. The van der Waals surface area contributed by atoms with Crippen molar-refractivity contribution < 1.29 is 9.53 Å². The number of amides is 1. The van der Waals surface area contributed by atoms with Crippen molar-refractivity contribution in [3.8, 4) is 0 Å². The summed E-state index contributed by atoms with van der Waals surface area (Å²) in [6, 6.07) is 4.06. The number of thiophene rings is 1. The zero-order chi connectivity index (χ0) is 15.0. The van der Waals surface area contributed by atoms with Gasteiger partial charge in [-0.05, 0) is 36.6 Å². The molecule has 2 unspecified atom stereocenters. The van der Waals surface area contributed by atoms with E-state index in [-0.39, 0.29) is 23.7 Å². The van der Waals surface area contributed by atoms with E-state index in [2.05, 4.69) is 30.6 Å². The van der Waals surface area contributed by atoms with Crippen LogP contribution in [0.3, 0.4) is 0 Å². The summed E-state index contributed by atoms with van der Waals surface area (Å²) in [6.45, 7) is 4.89. The van der Waals surface area contributed by atoms with E-state index in [1.165, 1.54) is 11.3 Å². The molecule has 2 heterocycles. The maximum Gasteiger partial charge on any atom is 0.241 e. The third-order valence-electron chi connectivity index (χ3n) is 4.83. The highest BCUT2D eigenvalue weighted by Crippen LogP contribution is 2.39. The number of ether oxygens (including phenoxy) is 1. The van der Waals surface area contributed by atoms with Gasteiger partial charge in [0.1, 0.15) is 6.17 Å². The normalized spacial score (nSPS) is 28.2. The van der Waals surface area contributed by atoms with E-state index in [9.17, 15) is 4.79 Å². The summed E-state index contributed by atoms with van der Waals surface area (Å²) < 4.78 is 5.73. The fourth-order valence-corrected chi connectivity index (χ4v) is 4.07. The summed E-state index contributed by atoms with van der Waals surface area (Å²) >= 11 is 1.70. The van der Waals surface area contributed by atoms with Crippen LogP contribution in [-0.4, -0.2) is 36.1 Å². The summed E-state index contributed by atoms with van der Waals surface area (Å²) in [5.74, 6) is 0.511. The summed E-state index contributed by atoms with van der Waals surface area (Å²) in [5.41, 5.74) is -0.126. The van der Waals surface area contributed by atoms with Crippen LogP contribution in [0.1, 0.15) is 44.2 Å². The molecule has 5 heteroatoms. The number of methoxy groups -OCH3 is 1. The molecule has 1 aromatic rings. The van der Waals surface area contributed by atoms with Crippen LogP contribution in [0.5, 0.6) is 0 Å². The predicted octanol–water partition coefficient (Wildman–Crippen LogP) is 2.77. The molecule has 0 bridgehead atoms. The summed E-state index contributed by atoms with van der Waals surface area (Å²) in [4.78, 5) is 16.0. The monoisotopic (exact) mass is 308 g/mol. The molecule has 0 spiro atoms. The average molecular weight is 308 g/mol. The minimum atomic E-state index is -0.126. The van der Waals surface area contributed by atoms with Crippen molar-refractivity contribution in [1.82, 2.24) is 10.2 Å². The highest BCUT2D eigenvalue weighted by atomic mass is 32.1. The van der Waals surface area contributed by atoms with Crippen LogP contribution in [-0.2, 0) is 9.53 Å². The molecule has 2 fully saturated rings. The molecule has 2 atom stereocenters. The maximum absolute atomic E-state index is 12.8. The maximum atomic E-state index is 12.8. The van der Waals surface area contributed by atoms with Gasteiger partial charge in [0.25, 0.3) is 0 Å². The van der Waals surface area contributed by atoms with E-state index in [1.54, 1.807) is 18.4 Å². The summed E-state index contributed by atoms with van der Waals surface area (Å²) in [5, 5.41) is 5.59. The highest BCUT2D eigenvalue weighted by Gasteiger charge is 2.47. The lowest BCUT2D eigenvalue weighted by molar-refractivity contribution is -0.140. The zero-order valence-corrected chi connectivity index (χ0v) is 13.8. The third-order valence-corrected chi connectivity index (χ3v) is 5.76. The second-order valence-electron chi connectivity index (χ2n) is 6.51. The largest absolute Gasteiger partial charge is 0.376 e. The van der Waals surface area contributed by atoms with Crippen molar-refractivity contribution >= 4 is 17.2 Å². The Balaban J connectivity index is 1.84. The van der Waals surface area contributed by atoms with Gasteiger partial charge in [0.05, 0.1) is 18.2 Å². The molecule has 1 saturated carbocycles. The molecule has 4 nitrogen and oxygen atoms in total. The highest BCUT2D eigenvalue weighted by molar-refractivity contribution is 7.10. The number of hydrogen-bond donors (Lipinski definition) is 1. The fraction of sp³-hybridized carbons (Fsp3) is 0.688. The minimum absolute atomic E-state index is 0.00229. The Hall–Kier alpha value is -0.910. The van der Waals surface area contributed by atoms with Gasteiger partial charge in [-0.15, -0.1) is 11.3 Å². The first-order valence-electron chi connectivity index (χ1n) is 7.71. The Morgan fingerprint density at radius 3 is 2.76 bits per heavy atom. The van der Waals surface area contributed by atoms with Gasteiger partial charge in [-0.25, -0.2) is 0 Å². The molecule has 0 aromatic carbocycles. The first-order valence-corrected chi connectivity index (χ1v) is 8.59. The molecule has 2 aliphatic rings. The van der Waals surface area contributed by atoms with Crippen molar-refractivity contribution in [2.24, 2.45) is 5.92 Å². The van der Waals surface area contributed by atoms with Gasteiger partial charge in [-0.3, -0.25) is 10.1 Å². The van der Waals surface area contributed by atoms with Crippen LogP contribution < -0.4 is 5.32 Å². The van der Waals surface area contributed by atoms with Gasteiger partial charge in [-0.1, -0.05) is 19.9 Å². The number of nitrogens with zero attached hydrogens (tertiary/aromatic N) is 1. The molecular weight excluding hydrogens is 284 g/mol. The number of nitrogens with one attached hydrogen (secondary N) is 1. The Morgan fingerprint density at radius 2 is 2.29 bits per heavy atom. The summed E-state index contributed by atoms with van der Waals surface area (Å²) in [7, 11) is 1.77. The second kappa shape index (κ2) is 5.71. The summed E-state index contributed by atoms with van der Waals surface area (Å²) in [6.07, 6.45) is 3.30. The van der Waals surface area contributed by atoms with Crippen LogP contribution in [0.2, 0.25) is 0 Å². The number of hydrogen-bond acceptors (Lipinski definition) is 4. The van der Waals surface area contributed by atoms with Crippen LogP contribution in [0, 0.1) is 5.92 Å². The molecule has 1 aliphatic carbocycles. The number of carbonyl (C=O) groups is 1. The smallest absolute Gasteiger partial charge is 0.241 e. The van der Waals surface area contributed by atoms with Crippen LogP contribution in [0.15, 0.2) is 17.5 Å². The van der Waals surface area contributed by atoms with Crippen molar-refractivity contribution in [3.05, 3.63) is 22.4 Å². The van der Waals surface area contributed by atoms with Gasteiger partial charge in [0, 0.05) is 12.0 Å². The van der Waals surface area contributed by atoms with Crippen molar-refractivity contribution in [2.45, 2.75) is 50.9 Å². The topological polar surface area (TPSA) is 41.6 Å². The lowest BCUT2D eigenvalue weighted by Gasteiger charge is -2.44. The van der Waals surface area contributed by atoms with E-state index in [1.807, 2.05) is 11.0 Å². The molecular formula is C16H24N2O2S. The second-order valence-corrected chi connectivity index (χ2v) is 7.49. The first kappa shape index (κ1) is 15.0.